The molecule has 1 atom stereocenters. The summed E-state index contributed by atoms with van der Waals surface area (Å²) >= 11 is 0. The molecule has 0 amide bonds. The largest absolute Gasteiger partial charge is 0.381 e. The summed E-state index contributed by atoms with van der Waals surface area (Å²) in [7, 11) is 0. The monoisotopic (exact) mass is 206 g/mol. The van der Waals surface area contributed by atoms with E-state index in [9.17, 15) is 4.79 Å². The molecular formula is C9H10N4O2. The number of Topliss-reactive ketones (excluding diaryl/α,β-unsaturated/α-hetero) is 1. The lowest BCUT2D eigenvalue weighted by Crippen LogP contribution is -2.20. The van der Waals surface area contributed by atoms with Crippen LogP contribution in [0.2, 0.25) is 0 Å². The molecule has 1 saturated heterocycles. The van der Waals surface area contributed by atoms with Crippen molar-refractivity contribution in [2.45, 2.75) is 13.0 Å². The van der Waals surface area contributed by atoms with E-state index in [0.717, 1.165) is 6.42 Å². The van der Waals surface area contributed by atoms with Crippen molar-refractivity contribution in [1.29, 1.82) is 5.26 Å². The van der Waals surface area contributed by atoms with Crippen molar-refractivity contribution in [2.75, 3.05) is 13.2 Å². The third kappa shape index (κ3) is 2.19. The van der Waals surface area contributed by atoms with Crippen LogP contribution in [0.25, 0.3) is 0 Å². The van der Waals surface area contributed by atoms with Crippen molar-refractivity contribution < 1.29 is 9.53 Å². The molecule has 1 aliphatic rings. The maximum Gasteiger partial charge on any atom is 0.252 e. The second-order valence-electron chi connectivity index (χ2n) is 3.40. The number of hydrogen-bond donors (Lipinski definition) is 0. The molecule has 0 aromatic carbocycles. The van der Waals surface area contributed by atoms with E-state index in [0.29, 0.717) is 13.2 Å². The summed E-state index contributed by atoms with van der Waals surface area (Å²) < 4.78 is 6.51. The molecule has 2 heterocycles. The summed E-state index contributed by atoms with van der Waals surface area (Å²) in [5.74, 6) is 0.145. The predicted octanol–water partition coefficient (Wildman–Crippen LogP) is -0.245. The van der Waals surface area contributed by atoms with Gasteiger partial charge in [0.2, 0.25) is 0 Å². The topological polar surface area (TPSA) is 80.8 Å². The molecule has 6 heteroatoms. The standard InChI is InChI=1S/C9H10N4O2/c10-3-9-11-6-13(12-9)4-8(14)7-1-2-15-5-7/h6-7H,1-2,4-5H2. The summed E-state index contributed by atoms with van der Waals surface area (Å²) in [5, 5.41) is 12.3. The maximum atomic E-state index is 11.7. The highest BCUT2D eigenvalue weighted by Crippen LogP contribution is 2.13. The molecule has 0 saturated carbocycles. The van der Waals surface area contributed by atoms with E-state index in [4.69, 9.17) is 10.00 Å². The van der Waals surface area contributed by atoms with E-state index in [1.54, 1.807) is 0 Å². The smallest absolute Gasteiger partial charge is 0.252 e. The fourth-order valence-corrected chi connectivity index (χ4v) is 1.50. The van der Waals surface area contributed by atoms with E-state index in [1.807, 2.05) is 6.07 Å². The first-order valence-corrected chi connectivity index (χ1v) is 4.69. The number of nitrogens with zero attached hydrogens (tertiary/aromatic N) is 4. The first-order chi connectivity index (χ1) is 7.29. The van der Waals surface area contributed by atoms with Crippen LogP contribution in [-0.2, 0) is 16.1 Å². The minimum absolute atomic E-state index is 0.0280. The normalized spacial score (nSPS) is 20.1. The second kappa shape index (κ2) is 4.19. The van der Waals surface area contributed by atoms with Gasteiger partial charge in [0.15, 0.2) is 5.78 Å². The molecule has 1 aromatic heterocycles. The van der Waals surface area contributed by atoms with Crippen LogP contribution in [-0.4, -0.2) is 33.8 Å². The van der Waals surface area contributed by atoms with Gasteiger partial charge in [-0.25, -0.2) is 9.67 Å². The third-order valence-electron chi connectivity index (χ3n) is 2.34. The average Bonchev–Trinajstić information content (AvgIpc) is 2.87. The van der Waals surface area contributed by atoms with Gasteiger partial charge in [0, 0.05) is 12.5 Å². The van der Waals surface area contributed by atoms with Gasteiger partial charge in [-0.15, -0.1) is 5.10 Å². The van der Waals surface area contributed by atoms with Crippen molar-refractivity contribution in [2.24, 2.45) is 5.92 Å². The van der Waals surface area contributed by atoms with Gasteiger partial charge in [-0.05, 0) is 6.42 Å². The second-order valence-corrected chi connectivity index (χ2v) is 3.40. The number of aromatic nitrogens is 3. The first-order valence-electron chi connectivity index (χ1n) is 4.69. The van der Waals surface area contributed by atoms with Crippen LogP contribution < -0.4 is 0 Å². The van der Waals surface area contributed by atoms with Crippen LogP contribution in [0.15, 0.2) is 6.33 Å². The van der Waals surface area contributed by atoms with Crippen molar-refractivity contribution in [3.8, 4) is 6.07 Å². The van der Waals surface area contributed by atoms with Crippen LogP contribution in [0.1, 0.15) is 12.2 Å². The van der Waals surface area contributed by atoms with E-state index >= 15 is 0 Å². The molecule has 1 fully saturated rings. The molecule has 6 nitrogen and oxygen atoms in total. The van der Waals surface area contributed by atoms with Crippen LogP contribution in [0, 0.1) is 17.2 Å². The minimum Gasteiger partial charge on any atom is -0.381 e. The number of ether oxygens (including phenoxy) is 1. The summed E-state index contributed by atoms with van der Waals surface area (Å²) in [6.07, 6.45) is 2.17. The molecule has 1 aromatic rings. The maximum absolute atomic E-state index is 11.7. The molecule has 78 valence electrons. The van der Waals surface area contributed by atoms with Crippen LogP contribution in [0.5, 0.6) is 0 Å². The summed E-state index contributed by atoms with van der Waals surface area (Å²) in [5.41, 5.74) is 0. The Morgan fingerprint density at radius 2 is 2.67 bits per heavy atom. The van der Waals surface area contributed by atoms with Crippen LogP contribution in [0.4, 0.5) is 0 Å². The number of carbonyl (C=O) groups is 1. The van der Waals surface area contributed by atoms with Crippen molar-refractivity contribution in [3.05, 3.63) is 12.2 Å². The quantitative estimate of drug-likeness (QED) is 0.681. The zero-order valence-electron chi connectivity index (χ0n) is 8.09. The highest BCUT2D eigenvalue weighted by molar-refractivity contribution is 5.81. The summed E-state index contributed by atoms with van der Waals surface area (Å²) in [4.78, 5) is 15.4. The molecule has 0 N–H and O–H groups in total. The zero-order chi connectivity index (χ0) is 10.7. The Morgan fingerprint density at radius 1 is 1.80 bits per heavy atom. The number of ketones is 1. The minimum atomic E-state index is -0.0280. The molecule has 2 rings (SSSR count). The SMILES string of the molecule is N#Cc1ncn(CC(=O)C2CCOC2)n1. The Balaban J connectivity index is 1.96. The van der Waals surface area contributed by atoms with Crippen LogP contribution >= 0.6 is 0 Å². The lowest BCUT2D eigenvalue weighted by molar-refractivity contribution is -0.123. The third-order valence-corrected chi connectivity index (χ3v) is 2.34. The molecule has 1 unspecified atom stereocenters. The van der Waals surface area contributed by atoms with E-state index in [-0.39, 0.29) is 24.1 Å². The molecule has 0 spiro atoms. The van der Waals surface area contributed by atoms with E-state index in [2.05, 4.69) is 10.1 Å². The van der Waals surface area contributed by atoms with Crippen LogP contribution in [0.3, 0.4) is 0 Å². The molecular weight excluding hydrogens is 196 g/mol. The lowest BCUT2D eigenvalue weighted by atomic mass is 10.0. The Kier molecular flexibility index (Phi) is 2.74. The molecule has 15 heavy (non-hydrogen) atoms. The Bertz CT molecular complexity index is 400. The first kappa shape index (κ1) is 9.80. The van der Waals surface area contributed by atoms with Gasteiger partial charge in [0.1, 0.15) is 18.9 Å². The van der Waals surface area contributed by atoms with Gasteiger partial charge in [0.25, 0.3) is 5.82 Å². The van der Waals surface area contributed by atoms with Gasteiger partial charge < -0.3 is 4.74 Å². The average molecular weight is 206 g/mol. The van der Waals surface area contributed by atoms with Crippen molar-refractivity contribution in [3.63, 3.8) is 0 Å². The fourth-order valence-electron chi connectivity index (χ4n) is 1.50. The molecule has 0 aliphatic carbocycles. The zero-order valence-corrected chi connectivity index (χ0v) is 8.09. The number of nitriles is 1. The van der Waals surface area contributed by atoms with Crippen molar-refractivity contribution in [1.82, 2.24) is 14.8 Å². The Morgan fingerprint density at radius 3 is 3.27 bits per heavy atom. The van der Waals surface area contributed by atoms with Gasteiger partial charge in [-0.3, -0.25) is 4.79 Å². The number of hydrogen-bond acceptors (Lipinski definition) is 5. The number of rotatable bonds is 3. The van der Waals surface area contributed by atoms with Crippen molar-refractivity contribution >= 4 is 5.78 Å². The highest BCUT2D eigenvalue weighted by atomic mass is 16.5. The van der Waals surface area contributed by atoms with Gasteiger partial charge in [-0.2, -0.15) is 5.26 Å². The molecule has 0 radical (unpaired) electrons. The van der Waals surface area contributed by atoms with E-state index in [1.165, 1.54) is 11.0 Å². The summed E-state index contributed by atoms with van der Waals surface area (Å²) in [6.45, 7) is 1.32. The summed E-state index contributed by atoms with van der Waals surface area (Å²) in [6, 6.07) is 1.81. The highest BCUT2D eigenvalue weighted by Gasteiger charge is 2.23. The van der Waals surface area contributed by atoms with Gasteiger partial charge in [-0.1, -0.05) is 0 Å². The Labute approximate surface area is 86.5 Å². The number of carbonyl (C=O) groups excluding carboxylic acids is 1. The molecule has 0 bridgehead atoms. The fraction of sp³-hybridized carbons (Fsp3) is 0.556. The van der Waals surface area contributed by atoms with E-state index < -0.39 is 0 Å². The molecule has 1 aliphatic heterocycles. The lowest BCUT2D eigenvalue weighted by Gasteiger charge is -2.05. The van der Waals surface area contributed by atoms with Gasteiger partial charge in [0.05, 0.1) is 6.61 Å². The predicted molar refractivity (Wildman–Crippen MR) is 48.7 cm³/mol. The Hall–Kier alpha value is -1.74. The van der Waals surface area contributed by atoms with Gasteiger partial charge >= 0.3 is 0 Å².